The van der Waals surface area contributed by atoms with Gasteiger partial charge in [-0.3, -0.25) is 9.69 Å². The molecule has 0 radical (unpaired) electrons. The highest BCUT2D eigenvalue weighted by Gasteiger charge is 2.29. The zero-order valence-electron chi connectivity index (χ0n) is 12.5. The van der Waals surface area contributed by atoms with Crippen LogP contribution in [0.25, 0.3) is 6.08 Å². The standard InChI is InChI=1S/C19H16N2OS/c22-18-17(13-7-12-15-8-3-1-4-9-15)20-19(23)21(18)14-16-10-5-2-6-11-16/h1-13H,14H2,(H,20,23)/b12-7+,17-13+. The van der Waals surface area contributed by atoms with Crippen molar-refractivity contribution >= 4 is 29.3 Å². The Balaban J connectivity index is 1.71. The maximum Gasteiger partial charge on any atom is 0.276 e. The van der Waals surface area contributed by atoms with Gasteiger partial charge in [-0.25, -0.2) is 0 Å². The summed E-state index contributed by atoms with van der Waals surface area (Å²) in [4.78, 5) is 14.0. The second kappa shape index (κ2) is 7.03. The fourth-order valence-electron chi connectivity index (χ4n) is 2.32. The highest BCUT2D eigenvalue weighted by Crippen LogP contribution is 2.14. The van der Waals surface area contributed by atoms with Gasteiger partial charge in [0.2, 0.25) is 0 Å². The molecule has 2 aromatic rings. The van der Waals surface area contributed by atoms with Gasteiger partial charge in [-0.15, -0.1) is 0 Å². The minimum atomic E-state index is -0.100. The lowest BCUT2D eigenvalue weighted by atomic mass is 10.2. The molecule has 3 rings (SSSR count). The summed E-state index contributed by atoms with van der Waals surface area (Å²) in [6, 6.07) is 19.7. The Bertz CT molecular complexity index is 766. The Morgan fingerprint density at radius 1 is 1.00 bits per heavy atom. The van der Waals surface area contributed by atoms with Crippen molar-refractivity contribution < 1.29 is 4.79 Å². The number of hydrogen-bond donors (Lipinski definition) is 1. The van der Waals surface area contributed by atoms with Gasteiger partial charge in [0.05, 0.1) is 6.54 Å². The normalized spacial score (nSPS) is 16.3. The highest BCUT2D eigenvalue weighted by molar-refractivity contribution is 7.80. The van der Waals surface area contributed by atoms with Crippen LogP contribution < -0.4 is 5.32 Å². The lowest BCUT2D eigenvalue weighted by molar-refractivity contribution is -0.122. The maximum absolute atomic E-state index is 12.4. The van der Waals surface area contributed by atoms with E-state index in [4.69, 9.17) is 12.2 Å². The Hall–Kier alpha value is -2.72. The molecular formula is C19H16N2OS. The van der Waals surface area contributed by atoms with Gasteiger partial charge < -0.3 is 5.32 Å². The van der Waals surface area contributed by atoms with E-state index in [1.807, 2.05) is 72.8 Å². The van der Waals surface area contributed by atoms with E-state index in [2.05, 4.69) is 5.32 Å². The Morgan fingerprint density at radius 2 is 1.65 bits per heavy atom. The third-order valence-corrected chi connectivity index (χ3v) is 3.82. The van der Waals surface area contributed by atoms with Crippen molar-refractivity contribution in [3.05, 3.63) is 89.6 Å². The predicted molar refractivity (Wildman–Crippen MR) is 96.3 cm³/mol. The maximum atomic E-state index is 12.4. The molecule has 0 spiro atoms. The summed E-state index contributed by atoms with van der Waals surface area (Å²) in [7, 11) is 0. The molecule has 114 valence electrons. The first-order valence-corrected chi connectivity index (χ1v) is 7.75. The minimum Gasteiger partial charge on any atom is -0.328 e. The van der Waals surface area contributed by atoms with Crippen molar-refractivity contribution in [3.8, 4) is 0 Å². The molecular weight excluding hydrogens is 304 g/mol. The summed E-state index contributed by atoms with van der Waals surface area (Å²) in [6.45, 7) is 0.477. The second-order valence-corrected chi connectivity index (χ2v) is 5.54. The van der Waals surface area contributed by atoms with Gasteiger partial charge in [0.1, 0.15) is 5.70 Å². The van der Waals surface area contributed by atoms with Gasteiger partial charge in [0, 0.05) is 0 Å². The van der Waals surface area contributed by atoms with Crippen LogP contribution in [-0.4, -0.2) is 15.9 Å². The number of hydrogen-bond acceptors (Lipinski definition) is 2. The van der Waals surface area contributed by atoms with Crippen molar-refractivity contribution in [2.24, 2.45) is 0 Å². The van der Waals surface area contributed by atoms with E-state index in [-0.39, 0.29) is 5.91 Å². The van der Waals surface area contributed by atoms with E-state index in [1.54, 1.807) is 11.0 Å². The molecule has 2 aromatic carbocycles. The van der Waals surface area contributed by atoms with Crippen LogP contribution in [0.4, 0.5) is 0 Å². The van der Waals surface area contributed by atoms with Gasteiger partial charge in [0.15, 0.2) is 5.11 Å². The quantitative estimate of drug-likeness (QED) is 0.691. The first kappa shape index (κ1) is 15.2. The van der Waals surface area contributed by atoms with Gasteiger partial charge in [-0.2, -0.15) is 0 Å². The number of carbonyl (C=O) groups excluding carboxylic acids is 1. The summed E-state index contributed by atoms with van der Waals surface area (Å²) < 4.78 is 0. The van der Waals surface area contributed by atoms with Crippen molar-refractivity contribution in [2.45, 2.75) is 6.54 Å². The topological polar surface area (TPSA) is 32.3 Å². The van der Waals surface area contributed by atoms with Crippen LogP contribution in [-0.2, 0) is 11.3 Å². The molecule has 0 saturated carbocycles. The second-order valence-electron chi connectivity index (χ2n) is 5.16. The summed E-state index contributed by atoms with van der Waals surface area (Å²) in [5.74, 6) is -0.100. The number of carbonyl (C=O) groups is 1. The summed E-state index contributed by atoms with van der Waals surface area (Å²) in [5, 5.41) is 3.42. The van der Waals surface area contributed by atoms with Crippen molar-refractivity contribution in [1.29, 1.82) is 0 Å². The Labute approximate surface area is 140 Å². The van der Waals surface area contributed by atoms with Crippen LogP contribution in [0.1, 0.15) is 11.1 Å². The largest absolute Gasteiger partial charge is 0.328 e. The molecule has 3 nitrogen and oxygen atoms in total. The summed E-state index contributed by atoms with van der Waals surface area (Å²) in [6.07, 6.45) is 5.56. The molecule has 1 amide bonds. The number of nitrogens with one attached hydrogen (secondary N) is 1. The molecule has 0 aromatic heterocycles. The molecule has 1 aliphatic rings. The third kappa shape index (κ3) is 3.73. The van der Waals surface area contributed by atoms with Crippen LogP contribution in [0.2, 0.25) is 0 Å². The van der Waals surface area contributed by atoms with Gasteiger partial charge >= 0.3 is 0 Å². The van der Waals surface area contributed by atoms with Crippen molar-refractivity contribution in [3.63, 3.8) is 0 Å². The SMILES string of the molecule is O=C1/C(=C\C=C\c2ccccc2)NC(=S)N1Cc1ccccc1. The van der Waals surface area contributed by atoms with Crippen molar-refractivity contribution in [1.82, 2.24) is 10.2 Å². The van der Waals surface area contributed by atoms with Crippen LogP contribution in [0.5, 0.6) is 0 Å². The van der Waals surface area contributed by atoms with Gasteiger partial charge in [0.25, 0.3) is 5.91 Å². The van der Waals surface area contributed by atoms with Crippen LogP contribution in [0.15, 0.2) is 78.5 Å². The van der Waals surface area contributed by atoms with E-state index in [1.165, 1.54) is 0 Å². The Morgan fingerprint density at radius 3 is 2.35 bits per heavy atom. The zero-order chi connectivity index (χ0) is 16.1. The Kier molecular flexibility index (Phi) is 4.64. The average Bonchev–Trinajstić information content (AvgIpc) is 2.85. The first-order chi connectivity index (χ1) is 11.2. The van der Waals surface area contributed by atoms with Gasteiger partial charge in [-0.05, 0) is 29.4 Å². The van der Waals surface area contributed by atoms with Crippen LogP contribution in [0.3, 0.4) is 0 Å². The monoisotopic (exact) mass is 320 g/mol. The molecule has 1 saturated heterocycles. The first-order valence-electron chi connectivity index (χ1n) is 7.34. The lowest BCUT2D eigenvalue weighted by Gasteiger charge is -2.13. The number of thiocarbonyl (C=S) groups is 1. The van der Waals surface area contributed by atoms with E-state index in [0.29, 0.717) is 17.4 Å². The fraction of sp³-hybridized carbons (Fsp3) is 0.0526. The molecule has 1 aliphatic heterocycles. The molecule has 1 fully saturated rings. The molecule has 0 aliphatic carbocycles. The molecule has 1 N–H and O–H groups in total. The number of benzene rings is 2. The van der Waals surface area contributed by atoms with Crippen LogP contribution in [0, 0.1) is 0 Å². The number of rotatable bonds is 4. The smallest absolute Gasteiger partial charge is 0.276 e. The van der Waals surface area contributed by atoms with Gasteiger partial charge in [-0.1, -0.05) is 72.8 Å². The summed E-state index contributed by atoms with van der Waals surface area (Å²) in [5.41, 5.74) is 2.63. The number of amides is 1. The van der Waals surface area contributed by atoms with Crippen molar-refractivity contribution in [2.75, 3.05) is 0 Å². The predicted octanol–water partition coefficient (Wildman–Crippen LogP) is 3.50. The van der Waals surface area contributed by atoms with Crippen LogP contribution >= 0.6 is 12.2 Å². The summed E-state index contributed by atoms with van der Waals surface area (Å²) >= 11 is 5.27. The van der Waals surface area contributed by atoms with E-state index in [9.17, 15) is 4.79 Å². The molecule has 4 heteroatoms. The average molecular weight is 320 g/mol. The zero-order valence-corrected chi connectivity index (χ0v) is 13.3. The van der Waals surface area contributed by atoms with E-state index >= 15 is 0 Å². The number of nitrogens with zero attached hydrogens (tertiary/aromatic N) is 1. The molecule has 1 heterocycles. The molecule has 23 heavy (non-hydrogen) atoms. The lowest BCUT2D eigenvalue weighted by Crippen LogP contribution is -2.29. The number of allylic oxidation sites excluding steroid dienone is 2. The molecule has 0 unspecified atom stereocenters. The van der Waals surface area contributed by atoms with E-state index < -0.39 is 0 Å². The fourth-order valence-corrected chi connectivity index (χ4v) is 2.57. The molecule has 0 atom stereocenters. The molecule has 0 bridgehead atoms. The highest BCUT2D eigenvalue weighted by atomic mass is 32.1. The van der Waals surface area contributed by atoms with E-state index in [0.717, 1.165) is 11.1 Å². The minimum absolute atomic E-state index is 0.100. The third-order valence-electron chi connectivity index (χ3n) is 3.50.